The van der Waals surface area contributed by atoms with Crippen molar-refractivity contribution in [3.63, 3.8) is 0 Å². The van der Waals surface area contributed by atoms with Crippen LogP contribution in [-0.2, 0) is 11.2 Å². The van der Waals surface area contributed by atoms with Crippen molar-refractivity contribution in [1.82, 2.24) is 4.98 Å². The van der Waals surface area contributed by atoms with Gasteiger partial charge in [0.05, 0.1) is 6.42 Å². The molecule has 2 aliphatic rings. The lowest BCUT2D eigenvalue weighted by Gasteiger charge is -2.08. The first-order valence-corrected chi connectivity index (χ1v) is 6.54. The smallest absolute Gasteiger partial charge is 0.142 e. The second-order valence-electron chi connectivity index (χ2n) is 4.95. The number of nitrogens with zero attached hydrogens (tertiary/aromatic N) is 1. The van der Waals surface area contributed by atoms with E-state index in [-0.39, 0.29) is 0 Å². The van der Waals surface area contributed by atoms with Crippen LogP contribution in [0.25, 0.3) is 0 Å². The summed E-state index contributed by atoms with van der Waals surface area (Å²) in [6.07, 6.45) is 4.28. The average molecular weight is 221 g/mol. The minimum Gasteiger partial charge on any atom is -0.299 e. The highest BCUT2D eigenvalue weighted by Crippen LogP contribution is 2.54. The van der Waals surface area contributed by atoms with Gasteiger partial charge in [-0.15, -0.1) is 11.3 Å². The monoisotopic (exact) mass is 221 g/mol. The fraction of sp³-hybridized carbons (Fsp3) is 0.667. The Morgan fingerprint density at radius 2 is 2.20 bits per heavy atom. The summed E-state index contributed by atoms with van der Waals surface area (Å²) in [6.45, 7) is 1.98. The Labute approximate surface area is 93.7 Å². The van der Waals surface area contributed by atoms with Crippen molar-refractivity contribution in [3.05, 3.63) is 16.1 Å². The van der Waals surface area contributed by atoms with E-state index in [0.29, 0.717) is 18.1 Å². The zero-order valence-corrected chi connectivity index (χ0v) is 9.72. The molecule has 0 aromatic carbocycles. The van der Waals surface area contributed by atoms with Crippen LogP contribution in [0.5, 0.6) is 0 Å². The van der Waals surface area contributed by atoms with Crippen LogP contribution in [0.4, 0.5) is 0 Å². The fourth-order valence-electron chi connectivity index (χ4n) is 2.75. The lowest BCUT2D eigenvalue weighted by atomic mass is 9.96. The van der Waals surface area contributed by atoms with Crippen molar-refractivity contribution >= 4 is 17.1 Å². The molecule has 3 heteroatoms. The molecule has 0 saturated heterocycles. The molecule has 1 aromatic heterocycles. The Hall–Kier alpha value is -0.700. The topological polar surface area (TPSA) is 30.0 Å². The number of hydrogen-bond acceptors (Lipinski definition) is 3. The van der Waals surface area contributed by atoms with Crippen LogP contribution in [0.2, 0.25) is 0 Å². The first kappa shape index (κ1) is 9.52. The van der Waals surface area contributed by atoms with Crippen molar-refractivity contribution in [2.75, 3.05) is 0 Å². The third-order valence-electron chi connectivity index (χ3n) is 3.69. The van der Waals surface area contributed by atoms with Crippen molar-refractivity contribution < 1.29 is 4.79 Å². The summed E-state index contributed by atoms with van der Waals surface area (Å²) in [7, 11) is 0. The molecule has 0 bridgehead atoms. The summed E-state index contributed by atoms with van der Waals surface area (Å²) < 4.78 is 0. The molecular weight excluding hydrogens is 206 g/mol. The first-order chi connectivity index (χ1) is 7.22. The van der Waals surface area contributed by atoms with E-state index in [0.717, 1.165) is 35.4 Å². The number of aromatic nitrogens is 1. The maximum atomic E-state index is 12.0. The van der Waals surface area contributed by atoms with Crippen LogP contribution in [-0.4, -0.2) is 10.8 Å². The third-order valence-corrected chi connectivity index (χ3v) is 4.66. The van der Waals surface area contributed by atoms with Gasteiger partial charge in [-0.1, -0.05) is 0 Å². The van der Waals surface area contributed by atoms with Gasteiger partial charge in [0.15, 0.2) is 0 Å². The quantitative estimate of drug-likeness (QED) is 0.785. The summed E-state index contributed by atoms with van der Waals surface area (Å²) >= 11 is 1.62. The predicted octanol–water partition coefficient (Wildman–Crippen LogP) is 2.61. The number of fused-ring (bicyclic) bond motifs is 1. The Morgan fingerprint density at radius 3 is 2.80 bits per heavy atom. The van der Waals surface area contributed by atoms with Crippen LogP contribution < -0.4 is 0 Å². The van der Waals surface area contributed by atoms with Crippen LogP contribution in [0.3, 0.4) is 0 Å². The molecule has 0 amide bonds. The molecule has 15 heavy (non-hydrogen) atoms. The largest absolute Gasteiger partial charge is 0.299 e. The summed E-state index contributed by atoms with van der Waals surface area (Å²) in [4.78, 5) is 16.3. The first-order valence-electron chi connectivity index (χ1n) is 5.66. The number of carbonyl (C=O) groups excluding carboxylic acids is 1. The van der Waals surface area contributed by atoms with Crippen LogP contribution >= 0.6 is 11.3 Å². The highest BCUT2D eigenvalue weighted by molar-refractivity contribution is 7.09. The summed E-state index contributed by atoms with van der Waals surface area (Å²) in [5.41, 5.74) is 1.04. The second-order valence-corrected chi connectivity index (χ2v) is 5.89. The maximum Gasteiger partial charge on any atom is 0.142 e. The Balaban J connectivity index is 1.61. The zero-order chi connectivity index (χ0) is 10.4. The molecule has 2 unspecified atom stereocenters. The van der Waals surface area contributed by atoms with Gasteiger partial charge in [-0.3, -0.25) is 4.79 Å². The van der Waals surface area contributed by atoms with E-state index in [1.54, 1.807) is 11.3 Å². The lowest BCUT2D eigenvalue weighted by molar-refractivity contribution is -0.122. The van der Waals surface area contributed by atoms with E-state index < -0.39 is 0 Å². The minimum absolute atomic E-state index is 0.359. The molecule has 0 N–H and O–H groups in total. The van der Waals surface area contributed by atoms with E-state index in [1.807, 2.05) is 12.3 Å². The van der Waals surface area contributed by atoms with E-state index >= 15 is 0 Å². The van der Waals surface area contributed by atoms with Crippen LogP contribution in [0.15, 0.2) is 5.38 Å². The molecule has 0 aliphatic heterocycles. The molecule has 3 rings (SSSR count). The van der Waals surface area contributed by atoms with Gasteiger partial charge in [0.25, 0.3) is 0 Å². The molecule has 2 saturated carbocycles. The van der Waals surface area contributed by atoms with E-state index in [4.69, 9.17) is 0 Å². The number of hydrogen-bond donors (Lipinski definition) is 0. The number of Topliss-reactive ketones (excluding diaryl/α,β-unsaturated/α-hetero) is 1. The van der Waals surface area contributed by atoms with Crippen molar-refractivity contribution in [2.45, 2.75) is 32.6 Å². The average Bonchev–Trinajstić information content (AvgIpc) is 2.61. The summed E-state index contributed by atoms with van der Waals surface area (Å²) in [5.74, 6) is 2.59. The van der Waals surface area contributed by atoms with Crippen molar-refractivity contribution in [3.8, 4) is 0 Å². The Bertz CT molecular complexity index is 388. The Morgan fingerprint density at radius 1 is 1.47 bits per heavy atom. The fourth-order valence-corrected chi connectivity index (χ4v) is 3.54. The SMILES string of the molecule is Cc1csc(CC(=O)C2CC3CC3C2)n1. The van der Waals surface area contributed by atoms with Crippen LogP contribution in [0, 0.1) is 24.7 Å². The number of carbonyl (C=O) groups is 1. The molecule has 2 aliphatic carbocycles. The molecule has 1 heterocycles. The van der Waals surface area contributed by atoms with Gasteiger partial charge in [0.2, 0.25) is 0 Å². The highest BCUT2D eigenvalue weighted by atomic mass is 32.1. The number of thiazole rings is 1. The summed E-state index contributed by atoms with van der Waals surface area (Å²) in [5, 5.41) is 3.02. The van der Waals surface area contributed by atoms with Gasteiger partial charge in [-0.05, 0) is 38.0 Å². The molecular formula is C12H15NOS. The highest BCUT2D eigenvalue weighted by Gasteiger charge is 2.47. The second kappa shape index (κ2) is 3.41. The lowest BCUT2D eigenvalue weighted by Crippen LogP contribution is -2.15. The normalized spacial score (nSPS) is 32.7. The van der Waals surface area contributed by atoms with Gasteiger partial charge in [0.1, 0.15) is 10.8 Å². The van der Waals surface area contributed by atoms with Crippen molar-refractivity contribution in [2.24, 2.45) is 17.8 Å². The molecule has 0 spiro atoms. The molecule has 80 valence electrons. The maximum absolute atomic E-state index is 12.0. The third kappa shape index (κ3) is 1.85. The number of rotatable bonds is 3. The minimum atomic E-state index is 0.359. The zero-order valence-electron chi connectivity index (χ0n) is 8.90. The van der Waals surface area contributed by atoms with Gasteiger partial charge in [-0.25, -0.2) is 4.98 Å². The van der Waals surface area contributed by atoms with E-state index in [1.165, 1.54) is 6.42 Å². The van der Waals surface area contributed by atoms with Crippen LogP contribution in [0.1, 0.15) is 30.0 Å². The molecule has 2 atom stereocenters. The van der Waals surface area contributed by atoms with Gasteiger partial charge >= 0.3 is 0 Å². The molecule has 2 fully saturated rings. The molecule has 1 aromatic rings. The Kier molecular flexibility index (Phi) is 2.16. The van der Waals surface area contributed by atoms with Gasteiger partial charge in [0, 0.05) is 17.0 Å². The summed E-state index contributed by atoms with van der Waals surface area (Å²) in [6, 6.07) is 0. The van der Waals surface area contributed by atoms with E-state index in [9.17, 15) is 4.79 Å². The standard InChI is InChI=1S/C12H15NOS/c1-7-6-15-12(13-7)5-11(14)10-3-8-2-9(8)4-10/h6,8-10H,2-5H2,1H3. The van der Waals surface area contributed by atoms with Gasteiger partial charge in [-0.2, -0.15) is 0 Å². The van der Waals surface area contributed by atoms with E-state index in [2.05, 4.69) is 4.98 Å². The number of aryl methyl sites for hydroxylation is 1. The number of ketones is 1. The van der Waals surface area contributed by atoms with Crippen molar-refractivity contribution in [1.29, 1.82) is 0 Å². The molecule has 0 radical (unpaired) electrons. The predicted molar refractivity (Wildman–Crippen MR) is 59.9 cm³/mol. The molecule has 2 nitrogen and oxygen atoms in total. The van der Waals surface area contributed by atoms with Gasteiger partial charge < -0.3 is 0 Å².